The molecular formula is C19H33N3O. The second-order valence-electron chi connectivity index (χ2n) is 6.89. The molecule has 130 valence electrons. The Hall–Kier alpha value is -1.26. The Kier molecular flexibility index (Phi) is 6.72. The lowest BCUT2D eigenvalue weighted by Crippen LogP contribution is -2.45. The van der Waals surface area contributed by atoms with Crippen molar-refractivity contribution < 1.29 is 4.74 Å². The summed E-state index contributed by atoms with van der Waals surface area (Å²) in [4.78, 5) is 2.45. The predicted molar refractivity (Wildman–Crippen MR) is 99.5 cm³/mol. The fourth-order valence-electron chi connectivity index (χ4n) is 3.45. The average Bonchev–Trinajstić information content (AvgIpc) is 2.48. The third-order valence-corrected chi connectivity index (χ3v) is 4.48. The minimum Gasteiger partial charge on any atom is -0.385 e. The number of hydrogen-bond acceptors (Lipinski definition) is 4. The summed E-state index contributed by atoms with van der Waals surface area (Å²) in [5.74, 6) is 0. The molecule has 1 aliphatic rings. The summed E-state index contributed by atoms with van der Waals surface area (Å²) in [6, 6.07) is 4.61. The minimum atomic E-state index is 0.291. The molecule has 2 rings (SSSR count). The number of benzene rings is 1. The van der Waals surface area contributed by atoms with Gasteiger partial charge < -0.3 is 20.7 Å². The first-order chi connectivity index (χ1) is 11.0. The highest BCUT2D eigenvalue weighted by molar-refractivity contribution is 5.65. The van der Waals surface area contributed by atoms with E-state index in [2.05, 4.69) is 50.0 Å². The van der Waals surface area contributed by atoms with Gasteiger partial charge in [0, 0.05) is 31.0 Å². The van der Waals surface area contributed by atoms with Crippen LogP contribution in [0.25, 0.3) is 0 Å². The topological polar surface area (TPSA) is 50.5 Å². The van der Waals surface area contributed by atoms with Gasteiger partial charge in [0.25, 0.3) is 0 Å². The number of rotatable bonds is 7. The van der Waals surface area contributed by atoms with Crippen LogP contribution in [0, 0.1) is 13.8 Å². The second kappa shape index (κ2) is 8.55. The van der Waals surface area contributed by atoms with Crippen LogP contribution in [0.15, 0.2) is 12.1 Å². The molecule has 1 heterocycles. The fraction of sp³-hybridized carbons (Fsp3) is 0.684. The summed E-state index contributed by atoms with van der Waals surface area (Å²) in [5.41, 5.74) is 10.8. The van der Waals surface area contributed by atoms with E-state index in [1.165, 1.54) is 35.3 Å². The second-order valence-corrected chi connectivity index (χ2v) is 6.89. The van der Waals surface area contributed by atoms with Crippen molar-refractivity contribution in [3.05, 3.63) is 23.3 Å². The molecule has 1 aliphatic heterocycles. The van der Waals surface area contributed by atoms with Gasteiger partial charge in [-0.25, -0.2) is 0 Å². The van der Waals surface area contributed by atoms with E-state index in [0.29, 0.717) is 12.2 Å². The third-order valence-electron chi connectivity index (χ3n) is 4.48. The molecule has 1 saturated heterocycles. The molecule has 1 aromatic rings. The molecule has 0 radical (unpaired) electrons. The molecule has 23 heavy (non-hydrogen) atoms. The van der Waals surface area contributed by atoms with Crippen molar-refractivity contribution in [3.8, 4) is 0 Å². The first-order valence-electron chi connectivity index (χ1n) is 8.97. The van der Waals surface area contributed by atoms with E-state index in [1.54, 1.807) is 0 Å². The Morgan fingerprint density at radius 1 is 1.09 bits per heavy atom. The van der Waals surface area contributed by atoms with Gasteiger partial charge in [0.05, 0.1) is 12.2 Å². The molecular weight excluding hydrogens is 286 g/mol. The number of nitrogens with zero attached hydrogens (tertiary/aromatic N) is 1. The molecule has 4 nitrogen and oxygen atoms in total. The lowest BCUT2D eigenvalue weighted by atomic mass is 10.1. The Morgan fingerprint density at radius 2 is 1.70 bits per heavy atom. The average molecular weight is 319 g/mol. The zero-order valence-corrected chi connectivity index (χ0v) is 15.2. The van der Waals surface area contributed by atoms with Crippen molar-refractivity contribution in [2.75, 3.05) is 36.4 Å². The van der Waals surface area contributed by atoms with E-state index < -0.39 is 0 Å². The van der Waals surface area contributed by atoms with Crippen LogP contribution in [0.3, 0.4) is 0 Å². The Morgan fingerprint density at radius 3 is 2.26 bits per heavy atom. The standard InChI is InChI=1S/C19H33N3O/c1-14-10-18(22-12-16(3)23-17(4)13-22)11-15(2)19(14)21-9-7-5-6-8-20/h10-11,16-17,21H,5-9,12-13,20H2,1-4H3/t16-,17?/m0/s1. The molecule has 2 atom stereocenters. The summed E-state index contributed by atoms with van der Waals surface area (Å²) in [6.07, 6.45) is 4.07. The van der Waals surface area contributed by atoms with Crippen molar-refractivity contribution in [1.82, 2.24) is 0 Å². The van der Waals surface area contributed by atoms with Crippen molar-refractivity contribution in [1.29, 1.82) is 0 Å². The maximum atomic E-state index is 5.84. The molecule has 0 spiro atoms. The monoisotopic (exact) mass is 319 g/mol. The number of anilines is 2. The van der Waals surface area contributed by atoms with Gasteiger partial charge in [-0.3, -0.25) is 0 Å². The van der Waals surface area contributed by atoms with Gasteiger partial charge >= 0.3 is 0 Å². The quantitative estimate of drug-likeness (QED) is 0.756. The predicted octanol–water partition coefficient (Wildman–Crippen LogP) is 3.46. The summed E-state index contributed by atoms with van der Waals surface area (Å²) < 4.78 is 5.84. The maximum absolute atomic E-state index is 5.84. The van der Waals surface area contributed by atoms with Crippen molar-refractivity contribution in [2.45, 2.75) is 59.2 Å². The molecule has 4 heteroatoms. The first-order valence-corrected chi connectivity index (χ1v) is 8.97. The fourth-order valence-corrected chi connectivity index (χ4v) is 3.45. The van der Waals surface area contributed by atoms with Crippen molar-refractivity contribution >= 4 is 11.4 Å². The summed E-state index contributed by atoms with van der Waals surface area (Å²) in [7, 11) is 0. The van der Waals surface area contributed by atoms with E-state index >= 15 is 0 Å². The molecule has 0 amide bonds. The van der Waals surface area contributed by atoms with E-state index in [1.807, 2.05) is 0 Å². The lowest BCUT2D eigenvalue weighted by Gasteiger charge is -2.37. The van der Waals surface area contributed by atoms with Gasteiger partial charge in [-0.15, -0.1) is 0 Å². The van der Waals surface area contributed by atoms with Crippen LogP contribution in [0.4, 0.5) is 11.4 Å². The number of ether oxygens (including phenoxy) is 1. The van der Waals surface area contributed by atoms with Crippen LogP contribution in [0.5, 0.6) is 0 Å². The van der Waals surface area contributed by atoms with Gasteiger partial charge in [0.2, 0.25) is 0 Å². The minimum absolute atomic E-state index is 0.291. The molecule has 1 fully saturated rings. The van der Waals surface area contributed by atoms with E-state index in [-0.39, 0.29) is 0 Å². The molecule has 1 unspecified atom stereocenters. The largest absolute Gasteiger partial charge is 0.385 e. The lowest BCUT2D eigenvalue weighted by molar-refractivity contribution is -0.00522. The van der Waals surface area contributed by atoms with Crippen LogP contribution in [0.1, 0.15) is 44.2 Å². The van der Waals surface area contributed by atoms with E-state index in [0.717, 1.165) is 32.6 Å². The summed E-state index contributed by atoms with van der Waals surface area (Å²) in [5, 5.41) is 3.60. The summed E-state index contributed by atoms with van der Waals surface area (Å²) >= 11 is 0. The van der Waals surface area contributed by atoms with Crippen molar-refractivity contribution in [3.63, 3.8) is 0 Å². The van der Waals surface area contributed by atoms with Crippen LogP contribution in [-0.4, -0.2) is 38.4 Å². The SMILES string of the molecule is Cc1cc(N2CC(C)O[C@@H](C)C2)cc(C)c1NCCCCCN. The highest BCUT2D eigenvalue weighted by atomic mass is 16.5. The van der Waals surface area contributed by atoms with Gasteiger partial charge in [-0.05, 0) is 70.3 Å². The Balaban J connectivity index is 2.01. The van der Waals surface area contributed by atoms with Crippen molar-refractivity contribution in [2.24, 2.45) is 5.73 Å². The number of aryl methyl sites for hydroxylation is 2. The van der Waals surface area contributed by atoms with Crippen LogP contribution in [0.2, 0.25) is 0 Å². The zero-order chi connectivity index (χ0) is 16.8. The molecule has 0 bridgehead atoms. The molecule has 3 N–H and O–H groups in total. The first kappa shape index (κ1) is 18.1. The number of nitrogens with one attached hydrogen (secondary N) is 1. The third kappa shape index (κ3) is 5.11. The maximum Gasteiger partial charge on any atom is 0.0726 e. The smallest absolute Gasteiger partial charge is 0.0726 e. The highest BCUT2D eigenvalue weighted by Crippen LogP contribution is 2.29. The Bertz CT molecular complexity index is 470. The summed E-state index contributed by atoms with van der Waals surface area (Å²) in [6.45, 7) is 12.5. The molecule has 0 aliphatic carbocycles. The molecule has 1 aromatic carbocycles. The number of nitrogens with two attached hydrogens (primary N) is 1. The normalized spacial score (nSPS) is 21.5. The van der Waals surface area contributed by atoms with Gasteiger partial charge in [-0.2, -0.15) is 0 Å². The Labute approximate surface area is 141 Å². The highest BCUT2D eigenvalue weighted by Gasteiger charge is 2.23. The number of hydrogen-bond donors (Lipinski definition) is 2. The number of morpholine rings is 1. The van der Waals surface area contributed by atoms with Gasteiger partial charge in [0.15, 0.2) is 0 Å². The molecule has 0 aromatic heterocycles. The number of unbranched alkanes of at least 4 members (excludes halogenated alkanes) is 2. The van der Waals surface area contributed by atoms with Gasteiger partial charge in [0.1, 0.15) is 0 Å². The van der Waals surface area contributed by atoms with Crippen LogP contribution < -0.4 is 16.0 Å². The van der Waals surface area contributed by atoms with Crippen LogP contribution in [-0.2, 0) is 4.74 Å². The van der Waals surface area contributed by atoms with Gasteiger partial charge in [-0.1, -0.05) is 6.42 Å². The van der Waals surface area contributed by atoms with E-state index in [9.17, 15) is 0 Å². The molecule has 0 saturated carbocycles. The van der Waals surface area contributed by atoms with E-state index in [4.69, 9.17) is 10.5 Å². The zero-order valence-electron chi connectivity index (χ0n) is 15.2. The van der Waals surface area contributed by atoms with Crippen LogP contribution >= 0.6 is 0 Å².